The van der Waals surface area contributed by atoms with Gasteiger partial charge in [0.25, 0.3) is 0 Å². The van der Waals surface area contributed by atoms with Gasteiger partial charge in [-0.25, -0.2) is 0 Å². The van der Waals surface area contributed by atoms with Gasteiger partial charge in [0.05, 0.1) is 11.6 Å². The Morgan fingerprint density at radius 3 is 2.76 bits per heavy atom. The second-order valence-electron chi connectivity index (χ2n) is 4.98. The van der Waals surface area contributed by atoms with Crippen LogP contribution in [0.4, 0.5) is 5.69 Å². The molecule has 0 atom stereocenters. The summed E-state index contributed by atoms with van der Waals surface area (Å²) in [7, 11) is 0. The average molecular weight is 275 g/mol. The van der Waals surface area contributed by atoms with E-state index in [4.69, 9.17) is 11.0 Å². The Balaban J connectivity index is 2.18. The number of rotatable bonds is 2. The molecule has 0 spiro atoms. The van der Waals surface area contributed by atoms with Crippen molar-refractivity contribution >= 4 is 22.4 Å². The summed E-state index contributed by atoms with van der Waals surface area (Å²) in [5.74, 6) is -0.0962. The number of hydrogen-bond donors (Lipinski definition) is 2. The third-order valence-electron chi connectivity index (χ3n) is 3.56. The van der Waals surface area contributed by atoms with E-state index in [1.807, 2.05) is 13.0 Å². The lowest BCUT2D eigenvalue weighted by atomic mass is 9.97. The summed E-state index contributed by atoms with van der Waals surface area (Å²) in [4.78, 5) is 15.8. The molecule has 0 aliphatic carbocycles. The van der Waals surface area contributed by atoms with Crippen LogP contribution in [0.25, 0.3) is 10.9 Å². The van der Waals surface area contributed by atoms with E-state index in [-0.39, 0.29) is 5.78 Å². The lowest BCUT2D eigenvalue weighted by Gasteiger charge is -2.05. The van der Waals surface area contributed by atoms with Crippen molar-refractivity contribution < 1.29 is 4.79 Å². The second kappa shape index (κ2) is 4.80. The summed E-state index contributed by atoms with van der Waals surface area (Å²) in [6.45, 7) is 1.88. The molecule has 0 saturated carbocycles. The van der Waals surface area contributed by atoms with Gasteiger partial charge < -0.3 is 10.7 Å². The van der Waals surface area contributed by atoms with E-state index in [0.29, 0.717) is 22.4 Å². The first-order valence-electron chi connectivity index (χ1n) is 6.52. The molecule has 0 bridgehead atoms. The van der Waals surface area contributed by atoms with E-state index in [2.05, 4.69) is 11.1 Å². The van der Waals surface area contributed by atoms with Crippen LogP contribution < -0.4 is 5.73 Å². The second-order valence-corrected chi connectivity index (χ2v) is 4.98. The highest BCUT2D eigenvalue weighted by Crippen LogP contribution is 2.24. The molecule has 0 fully saturated rings. The quantitative estimate of drug-likeness (QED) is 0.556. The molecule has 3 rings (SSSR count). The standard InChI is InChI=1S/C17H13N3O/c1-10-2-4-12(19)7-13(10)17(21)15-9-20-16-5-3-11(8-18)6-14(15)16/h2-7,9,20H,19H2,1H3. The van der Waals surface area contributed by atoms with Gasteiger partial charge in [0.1, 0.15) is 0 Å². The Hall–Kier alpha value is -3.06. The Bertz CT molecular complexity index is 900. The van der Waals surface area contributed by atoms with Gasteiger partial charge >= 0.3 is 0 Å². The number of anilines is 1. The number of H-pyrrole nitrogens is 1. The molecule has 0 saturated heterocycles. The average Bonchev–Trinajstić information content (AvgIpc) is 2.91. The molecular weight excluding hydrogens is 262 g/mol. The minimum Gasteiger partial charge on any atom is -0.399 e. The van der Waals surface area contributed by atoms with Crippen LogP contribution in [0.1, 0.15) is 27.0 Å². The number of nitrogen functional groups attached to an aromatic ring is 1. The van der Waals surface area contributed by atoms with Crippen molar-refractivity contribution in [2.75, 3.05) is 5.73 Å². The number of nitrogens with zero attached hydrogens (tertiary/aromatic N) is 1. The van der Waals surface area contributed by atoms with Crippen molar-refractivity contribution in [3.8, 4) is 6.07 Å². The largest absolute Gasteiger partial charge is 0.399 e. The van der Waals surface area contributed by atoms with Crippen LogP contribution >= 0.6 is 0 Å². The number of hydrogen-bond acceptors (Lipinski definition) is 3. The maximum Gasteiger partial charge on any atom is 0.195 e. The van der Waals surface area contributed by atoms with Crippen molar-refractivity contribution in [3.05, 3.63) is 64.8 Å². The highest BCUT2D eigenvalue weighted by Gasteiger charge is 2.16. The summed E-state index contributed by atoms with van der Waals surface area (Å²) >= 11 is 0. The number of aromatic nitrogens is 1. The van der Waals surface area contributed by atoms with Crippen molar-refractivity contribution in [1.29, 1.82) is 5.26 Å². The van der Waals surface area contributed by atoms with Crippen LogP contribution in [0, 0.1) is 18.3 Å². The zero-order valence-corrected chi connectivity index (χ0v) is 11.5. The molecule has 4 heteroatoms. The number of aromatic amines is 1. The van der Waals surface area contributed by atoms with Gasteiger partial charge in [-0.05, 0) is 42.8 Å². The number of nitrogens with one attached hydrogen (secondary N) is 1. The fourth-order valence-corrected chi connectivity index (χ4v) is 2.41. The molecule has 3 N–H and O–H groups in total. The smallest absolute Gasteiger partial charge is 0.195 e. The number of ketones is 1. The Morgan fingerprint density at radius 1 is 1.19 bits per heavy atom. The molecule has 0 radical (unpaired) electrons. The third kappa shape index (κ3) is 2.15. The van der Waals surface area contributed by atoms with Gasteiger partial charge in [-0.1, -0.05) is 6.07 Å². The van der Waals surface area contributed by atoms with Crippen molar-refractivity contribution in [2.24, 2.45) is 0 Å². The Kier molecular flexibility index (Phi) is 2.96. The van der Waals surface area contributed by atoms with Gasteiger partial charge in [0.2, 0.25) is 0 Å². The molecule has 0 amide bonds. The zero-order chi connectivity index (χ0) is 15.0. The monoisotopic (exact) mass is 275 g/mol. The first kappa shape index (κ1) is 12.9. The number of fused-ring (bicyclic) bond motifs is 1. The normalized spacial score (nSPS) is 10.5. The van der Waals surface area contributed by atoms with Crippen molar-refractivity contribution in [1.82, 2.24) is 4.98 Å². The zero-order valence-electron chi connectivity index (χ0n) is 11.5. The number of nitriles is 1. The molecular formula is C17H13N3O. The lowest BCUT2D eigenvalue weighted by molar-refractivity contribution is 0.104. The van der Waals surface area contributed by atoms with E-state index >= 15 is 0 Å². The van der Waals surface area contributed by atoms with Crippen molar-refractivity contribution in [3.63, 3.8) is 0 Å². The first-order valence-corrected chi connectivity index (χ1v) is 6.52. The Morgan fingerprint density at radius 2 is 2.00 bits per heavy atom. The van der Waals surface area contributed by atoms with Gasteiger partial charge in [0, 0.05) is 33.9 Å². The highest BCUT2D eigenvalue weighted by molar-refractivity contribution is 6.17. The predicted octanol–water partition coefficient (Wildman–Crippen LogP) is 3.16. The van der Waals surface area contributed by atoms with Gasteiger partial charge in [-0.3, -0.25) is 4.79 Å². The van der Waals surface area contributed by atoms with E-state index in [9.17, 15) is 4.79 Å². The SMILES string of the molecule is Cc1ccc(N)cc1C(=O)c1c[nH]c2ccc(C#N)cc12. The molecule has 1 aromatic heterocycles. The number of aryl methyl sites for hydroxylation is 1. The fraction of sp³-hybridized carbons (Fsp3) is 0.0588. The maximum absolute atomic E-state index is 12.7. The fourth-order valence-electron chi connectivity index (χ4n) is 2.41. The lowest BCUT2D eigenvalue weighted by Crippen LogP contribution is -2.04. The van der Waals surface area contributed by atoms with Crippen LogP contribution in [0.2, 0.25) is 0 Å². The predicted molar refractivity (Wildman–Crippen MR) is 82.0 cm³/mol. The number of nitrogens with two attached hydrogens (primary N) is 1. The molecule has 3 aromatic rings. The number of carbonyl (C=O) groups is 1. The molecule has 4 nitrogen and oxygen atoms in total. The van der Waals surface area contributed by atoms with Gasteiger partial charge in [-0.15, -0.1) is 0 Å². The molecule has 2 aromatic carbocycles. The van der Waals surface area contributed by atoms with Crippen LogP contribution in [0.3, 0.4) is 0 Å². The topological polar surface area (TPSA) is 82.7 Å². The summed E-state index contributed by atoms with van der Waals surface area (Å²) in [5.41, 5.74) is 9.70. The van der Waals surface area contributed by atoms with Crippen LogP contribution in [0.5, 0.6) is 0 Å². The van der Waals surface area contributed by atoms with Crippen molar-refractivity contribution in [2.45, 2.75) is 6.92 Å². The maximum atomic E-state index is 12.7. The minimum atomic E-state index is -0.0962. The highest BCUT2D eigenvalue weighted by atomic mass is 16.1. The molecule has 0 aliphatic rings. The number of carbonyl (C=O) groups excluding carboxylic acids is 1. The van der Waals surface area contributed by atoms with Crippen LogP contribution in [-0.2, 0) is 0 Å². The molecule has 0 unspecified atom stereocenters. The number of benzene rings is 2. The summed E-state index contributed by atoms with van der Waals surface area (Å²) in [6.07, 6.45) is 1.68. The van der Waals surface area contributed by atoms with Crippen LogP contribution in [-0.4, -0.2) is 10.8 Å². The molecule has 102 valence electrons. The minimum absolute atomic E-state index is 0.0962. The summed E-state index contributed by atoms with van der Waals surface area (Å²) in [6, 6.07) is 12.6. The van der Waals surface area contributed by atoms with E-state index in [1.165, 1.54) is 0 Å². The van der Waals surface area contributed by atoms with Gasteiger partial charge in [-0.2, -0.15) is 5.26 Å². The van der Waals surface area contributed by atoms with E-state index in [1.54, 1.807) is 36.5 Å². The van der Waals surface area contributed by atoms with E-state index in [0.717, 1.165) is 16.5 Å². The first-order chi connectivity index (χ1) is 10.1. The molecule has 21 heavy (non-hydrogen) atoms. The van der Waals surface area contributed by atoms with Crippen LogP contribution in [0.15, 0.2) is 42.6 Å². The molecule has 0 aliphatic heterocycles. The Labute approximate surface area is 121 Å². The third-order valence-corrected chi connectivity index (χ3v) is 3.56. The molecule has 1 heterocycles. The summed E-state index contributed by atoms with van der Waals surface area (Å²) < 4.78 is 0. The van der Waals surface area contributed by atoms with E-state index < -0.39 is 0 Å². The summed E-state index contributed by atoms with van der Waals surface area (Å²) in [5, 5.41) is 9.75. The van der Waals surface area contributed by atoms with Gasteiger partial charge in [0.15, 0.2) is 5.78 Å².